The van der Waals surface area contributed by atoms with Gasteiger partial charge in [0.2, 0.25) is 5.91 Å². The fourth-order valence-electron chi connectivity index (χ4n) is 1.07. The largest absolute Gasteiger partial charge is 0.297 e. The highest BCUT2D eigenvalue weighted by Gasteiger charge is 2.08. The Balaban J connectivity index is 2.92. The molecule has 4 heteroatoms. The summed E-state index contributed by atoms with van der Waals surface area (Å²) in [4.78, 5) is 16.9. The Morgan fingerprint density at radius 1 is 1.62 bits per heavy atom. The molecule has 1 amide bonds. The summed E-state index contributed by atoms with van der Waals surface area (Å²) in [6.45, 7) is 4.10. The monoisotopic (exact) mass is 242 g/mol. The van der Waals surface area contributed by atoms with E-state index in [4.69, 9.17) is 0 Å². The van der Waals surface area contributed by atoms with E-state index in [9.17, 15) is 4.79 Å². The van der Waals surface area contributed by atoms with Gasteiger partial charge in [-0.1, -0.05) is 0 Å². The molecule has 0 bridgehead atoms. The molecule has 1 aromatic heterocycles. The van der Waals surface area contributed by atoms with Crippen LogP contribution in [0, 0.1) is 0 Å². The number of amides is 1. The van der Waals surface area contributed by atoms with Crippen LogP contribution in [0.2, 0.25) is 0 Å². The van der Waals surface area contributed by atoms with E-state index in [0.717, 1.165) is 4.47 Å². The third kappa shape index (κ3) is 2.52. The Hall–Kier alpha value is -0.900. The van der Waals surface area contributed by atoms with Crippen molar-refractivity contribution in [3.05, 3.63) is 22.8 Å². The lowest BCUT2D eigenvalue weighted by Crippen LogP contribution is -2.28. The number of anilines is 1. The predicted octanol–water partition coefficient (Wildman–Crippen LogP) is 2.22. The van der Waals surface area contributed by atoms with Crippen LogP contribution in [0.25, 0.3) is 0 Å². The zero-order valence-corrected chi connectivity index (χ0v) is 9.21. The van der Waals surface area contributed by atoms with E-state index in [0.29, 0.717) is 12.4 Å². The fraction of sp³-hybridized carbons (Fsp3) is 0.333. The molecule has 0 radical (unpaired) electrons. The summed E-state index contributed by atoms with van der Waals surface area (Å²) in [5.41, 5.74) is 0. The molecule has 0 N–H and O–H groups in total. The molecule has 13 heavy (non-hydrogen) atoms. The average Bonchev–Trinajstić information content (AvgIpc) is 2.09. The molecule has 3 nitrogen and oxygen atoms in total. The number of carbonyl (C=O) groups excluding carboxylic acids is 1. The molecule has 0 fully saturated rings. The summed E-state index contributed by atoms with van der Waals surface area (Å²) in [5.74, 6) is 0.704. The van der Waals surface area contributed by atoms with E-state index in [2.05, 4.69) is 20.9 Å². The third-order valence-electron chi connectivity index (χ3n) is 1.68. The standard InChI is InChI=1S/C9H11BrN2O/c1-3-12(7(2)13)9-5-4-8(10)6-11-9/h4-6H,3H2,1-2H3. The van der Waals surface area contributed by atoms with Crippen LogP contribution in [0.4, 0.5) is 5.82 Å². The van der Waals surface area contributed by atoms with Gasteiger partial charge < -0.3 is 0 Å². The van der Waals surface area contributed by atoms with Crippen LogP contribution in [-0.2, 0) is 4.79 Å². The van der Waals surface area contributed by atoms with Gasteiger partial charge in [-0.25, -0.2) is 4.98 Å². The highest BCUT2D eigenvalue weighted by Crippen LogP contribution is 2.14. The van der Waals surface area contributed by atoms with E-state index >= 15 is 0 Å². The lowest BCUT2D eigenvalue weighted by atomic mass is 10.4. The van der Waals surface area contributed by atoms with Crippen LogP contribution < -0.4 is 4.90 Å². The molecule has 0 spiro atoms. The summed E-state index contributed by atoms with van der Waals surface area (Å²) in [6.07, 6.45) is 1.68. The average molecular weight is 243 g/mol. The van der Waals surface area contributed by atoms with Gasteiger partial charge in [0.1, 0.15) is 5.82 Å². The molecule has 1 heterocycles. The van der Waals surface area contributed by atoms with E-state index in [-0.39, 0.29) is 5.91 Å². The first-order chi connectivity index (χ1) is 6.15. The summed E-state index contributed by atoms with van der Waals surface area (Å²) in [7, 11) is 0. The van der Waals surface area contributed by atoms with Gasteiger partial charge in [0.15, 0.2) is 0 Å². The van der Waals surface area contributed by atoms with Crippen LogP contribution in [0.3, 0.4) is 0 Å². The molecular weight excluding hydrogens is 232 g/mol. The Morgan fingerprint density at radius 2 is 2.31 bits per heavy atom. The van der Waals surface area contributed by atoms with Crippen molar-refractivity contribution >= 4 is 27.7 Å². The highest BCUT2D eigenvalue weighted by atomic mass is 79.9. The van der Waals surface area contributed by atoms with Gasteiger partial charge in [-0.3, -0.25) is 9.69 Å². The van der Waals surface area contributed by atoms with Gasteiger partial charge >= 0.3 is 0 Å². The summed E-state index contributed by atoms with van der Waals surface area (Å²) < 4.78 is 0.913. The molecule has 0 saturated heterocycles. The van der Waals surface area contributed by atoms with E-state index in [1.54, 1.807) is 11.1 Å². The Bertz CT molecular complexity index is 297. The number of carbonyl (C=O) groups is 1. The Labute approximate surface area is 85.9 Å². The maximum absolute atomic E-state index is 11.1. The van der Waals surface area contributed by atoms with Crippen LogP contribution in [0.1, 0.15) is 13.8 Å². The first kappa shape index (κ1) is 10.2. The minimum absolute atomic E-state index is 0.0114. The van der Waals surface area contributed by atoms with Crippen molar-refractivity contribution < 1.29 is 4.79 Å². The molecule has 70 valence electrons. The first-order valence-electron chi connectivity index (χ1n) is 4.04. The minimum atomic E-state index is 0.0114. The quantitative estimate of drug-likeness (QED) is 0.797. The summed E-state index contributed by atoms with van der Waals surface area (Å²) >= 11 is 3.29. The van der Waals surface area contributed by atoms with E-state index < -0.39 is 0 Å². The lowest BCUT2D eigenvalue weighted by molar-refractivity contribution is -0.116. The SMILES string of the molecule is CCN(C(C)=O)c1ccc(Br)cn1. The first-order valence-corrected chi connectivity index (χ1v) is 4.84. The molecule has 0 saturated carbocycles. The van der Waals surface area contributed by atoms with Crippen molar-refractivity contribution in [2.24, 2.45) is 0 Å². The Kier molecular flexibility index (Phi) is 3.42. The van der Waals surface area contributed by atoms with Crippen molar-refractivity contribution in [3.8, 4) is 0 Å². The van der Waals surface area contributed by atoms with Crippen LogP contribution in [-0.4, -0.2) is 17.4 Å². The second-order valence-electron chi connectivity index (χ2n) is 2.60. The highest BCUT2D eigenvalue weighted by molar-refractivity contribution is 9.10. The van der Waals surface area contributed by atoms with E-state index in [1.165, 1.54) is 6.92 Å². The second kappa shape index (κ2) is 4.37. The molecule has 1 rings (SSSR count). The van der Waals surface area contributed by atoms with Crippen LogP contribution in [0.5, 0.6) is 0 Å². The normalized spacial score (nSPS) is 9.77. The van der Waals surface area contributed by atoms with E-state index in [1.807, 2.05) is 19.1 Å². The zero-order valence-electron chi connectivity index (χ0n) is 7.62. The number of nitrogens with zero attached hydrogens (tertiary/aromatic N) is 2. The van der Waals surface area contributed by atoms with Gasteiger partial charge in [0, 0.05) is 24.1 Å². The lowest BCUT2D eigenvalue weighted by Gasteiger charge is -2.17. The zero-order chi connectivity index (χ0) is 9.84. The maximum Gasteiger partial charge on any atom is 0.225 e. The van der Waals surface area contributed by atoms with Crippen LogP contribution in [0.15, 0.2) is 22.8 Å². The van der Waals surface area contributed by atoms with Crippen molar-refractivity contribution in [2.75, 3.05) is 11.4 Å². The number of hydrogen-bond acceptors (Lipinski definition) is 2. The third-order valence-corrected chi connectivity index (χ3v) is 2.15. The maximum atomic E-state index is 11.1. The second-order valence-corrected chi connectivity index (χ2v) is 3.51. The molecule has 1 aromatic rings. The van der Waals surface area contributed by atoms with Gasteiger partial charge in [0.25, 0.3) is 0 Å². The molecule has 0 atom stereocenters. The number of pyridine rings is 1. The number of hydrogen-bond donors (Lipinski definition) is 0. The smallest absolute Gasteiger partial charge is 0.225 e. The minimum Gasteiger partial charge on any atom is -0.297 e. The Morgan fingerprint density at radius 3 is 2.69 bits per heavy atom. The van der Waals surface area contributed by atoms with Crippen molar-refractivity contribution in [2.45, 2.75) is 13.8 Å². The molecule has 0 aliphatic carbocycles. The van der Waals surface area contributed by atoms with Gasteiger partial charge in [-0.2, -0.15) is 0 Å². The summed E-state index contributed by atoms with van der Waals surface area (Å²) in [6, 6.07) is 3.68. The van der Waals surface area contributed by atoms with Crippen molar-refractivity contribution in [1.29, 1.82) is 0 Å². The summed E-state index contributed by atoms with van der Waals surface area (Å²) in [5, 5.41) is 0. The van der Waals surface area contributed by atoms with Gasteiger partial charge in [0.05, 0.1) is 0 Å². The molecule has 0 aromatic carbocycles. The van der Waals surface area contributed by atoms with Crippen molar-refractivity contribution in [3.63, 3.8) is 0 Å². The number of rotatable bonds is 2. The van der Waals surface area contributed by atoms with Crippen molar-refractivity contribution in [1.82, 2.24) is 4.98 Å². The van der Waals surface area contributed by atoms with Crippen LogP contribution >= 0.6 is 15.9 Å². The number of halogens is 1. The predicted molar refractivity (Wildman–Crippen MR) is 55.6 cm³/mol. The molecule has 0 aliphatic heterocycles. The number of aromatic nitrogens is 1. The topological polar surface area (TPSA) is 33.2 Å². The molecule has 0 unspecified atom stereocenters. The molecular formula is C9H11BrN2O. The fourth-order valence-corrected chi connectivity index (χ4v) is 1.31. The molecule has 0 aliphatic rings. The van der Waals surface area contributed by atoms with Gasteiger partial charge in [-0.05, 0) is 35.0 Å². The van der Waals surface area contributed by atoms with Gasteiger partial charge in [-0.15, -0.1) is 0 Å².